The molecule has 0 bridgehead atoms. The monoisotopic (exact) mass is 1260 g/mol. The minimum absolute atomic E-state index is 0. The molecule has 0 aromatic carbocycles. The Balaban J connectivity index is -0.00000148. The van der Waals surface area contributed by atoms with Crippen LogP contribution in [0.4, 0.5) is 0 Å². The van der Waals surface area contributed by atoms with E-state index in [4.69, 9.17) is 37.1 Å². The summed E-state index contributed by atoms with van der Waals surface area (Å²) < 4.78 is 1.50. The normalized spacial score (nSPS) is 11.2. The molecule has 0 spiro atoms. The van der Waals surface area contributed by atoms with Crippen LogP contribution in [-0.4, -0.2) is 44.6 Å². The Morgan fingerprint density at radius 1 is 0.222 bits per heavy atom. The van der Waals surface area contributed by atoms with E-state index in [0.717, 1.165) is 30.5 Å². The number of thiocarbonyl (C=S) groups is 2. The fraction of sp³-hybridized carbons (Fsp3) is 0.973. The number of thiol groups is 1. The molecule has 0 aliphatic rings. The van der Waals surface area contributed by atoms with Crippen LogP contribution in [-0.2, 0) is 32.1 Å². The maximum Gasteiger partial charge on any atom is 2.00 e. The number of unbranched alkanes of at least 4 members (excludes halogenated alkanes) is 60. The van der Waals surface area contributed by atoms with Crippen molar-refractivity contribution >= 4 is 58.3 Å². The Hall–Kier alpha value is 0.973. The standard InChI is InChI=1S/2C37H75NS2.Zn/c2*1-3-5-7-9-11-13-15-17-19-21-23-25-27-29-31-33-35-38(37(39)40)36-34-32-30-28-26-24-22-20-18-16-14-12-10-8-6-4-2;/h2*3-36H2,1-2H3,(H,39,40);/q;;+2/p-1. The zero-order chi connectivity index (χ0) is 58.4. The van der Waals surface area contributed by atoms with Crippen molar-refractivity contribution in [3.05, 3.63) is 0 Å². The zero-order valence-corrected chi connectivity index (χ0v) is 62.7. The topological polar surface area (TPSA) is 6.48 Å². The Morgan fingerprint density at radius 2 is 0.333 bits per heavy atom. The van der Waals surface area contributed by atoms with Crippen LogP contribution >= 0.6 is 37.1 Å². The van der Waals surface area contributed by atoms with E-state index in [1.165, 1.54) is 411 Å². The average Bonchev–Trinajstić information content (AvgIpc) is 3.45. The summed E-state index contributed by atoms with van der Waals surface area (Å²) in [5.41, 5.74) is 0. The third-order valence-corrected chi connectivity index (χ3v) is 18.7. The molecule has 0 amide bonds. The second-order valence-electron chi connectivity index (χ2n) is 25.7. The van der Waals surface area contributed by atoms with E-state index < -0.39 is 0 Å². The van der Waals surface area contributed by atoms with E-state index in [9.17, 15) is 0 Å². The first kappa shape index (κ1) is 86.2. The summed E-state index contributed by atoms with van der Waals surface area (Å²) in [7, 11) is 0. The molecule has 0 aliphatic carbocycles. The minimum Gasteiger partial charge on any atom is -0.411 e. The number of rotatable bonds is 68. The largest absolute Gasteiger partial charge is 2.00 e. The van der Waals surface area contributed by atoms with E-state index >= 15 is 0 Å². The second kappa shape index (κ2) is 79.0. The summed E-state index contributed by atoms with van der Waals surface area (Å²) >= 11 is 20.7. The minimum atomic E-state index is 0. The molecular formula is C74H149N2S4Zn+. The van der Waals surface area contributed by atoms with E-state index in [0.29, 0.717) is 4.32 Å². The summed E-state index contributed by atoms with van der Waals surface area (Å²) in [5.74, 6) is 0. The molecule has 0 N–H and O–H groups in total. The third-order valence-electron chi connectivity index (χ3n) is 17.7. The maximum absolute atomic E-state index is 5.43. The van der Waals surface area contributed by atoms with Crippen LogP contribution in [0.25, 0.3) is 0 Å². The Bertz CT molecular complexity index is 983. The van der Waals surface area contributed by atoms with Crippen molar-refractivity contribution in [1.29, 1.82) is 0 Å². The molecule has 81 heavy (non-hydrogen) atoms. The molecule has 0 fully saturated rings. The van der Waals surface area contributed by atoms with Gasteiger partial charge in [-0.25, -0.2) is 0 Å². The van der Waals surface area contributed by atoms with Crippen molar-refractivity contribution in [3.8, 4) is 0 Å². The molecular weight excluding hydrogens is 1110 g/mol. The van der Waals surface area contributed by atoms with E-state index in [1.807, 2.05) is 0 Å². The summed E-state index contributed by atoms with van der Waals surface area (Å²) in [6, 6.07) is 0. The van der Waals surface area contributed by atoms with Crippen LogP contribution in [0.5, 0.6) is 0 Å². The van der Waals surface area contributed by atoms with Gasteiger partial charge in [-0.1, -0.05) is 429 Å². The van der Waals surface area contributed by atoms with Gasteiger partial charge in [0.25, 0.3) is 0 Å². The third kappa shape index (κ3) is 77.0. The van der Waals surface area contributed by atoms with Gasteiger partial charge >= 0.3 is 19.5 Å². The molecule has 0 radical (unpaired) electrons. The van der Waals surface area contributed by atoms with Crippen molar-refractivity contribution in [2.24, 2.45) is 0 Å². The molecule has 0 saturated heterocycles. The van der Waals surface area contributed by atoms with E-state index in [-0.39, 0.29) is 19.5 Å². The van der Waals surface area contributed by atoms with Crippen LogP contribution < -0.4 is 0 Å². The molecule has 0 rings (SSSR count). The first-order valence-electron chi connectivity index (χ1n) is 37.4. The molecule has 0 atom stereocenters. The smallest absolute Gasteiger partial charge is 0.411 e. The van der Waals surface area contributed by atoms with Crippen LogP contribution in [0.3, 0.4) is 0 Å². The van der Waals surface area contributed by atoms with E-state index in [1.54, 1.807) is 0 Å². The number of nitrogens with zero attached hydrogens (tertiary/aromatic N) is 2. The van der Waals surface area contributed by atoms with E-state index in [2.05, 4.69) is 50.1 Å². The van der Waals surface area contributed by atoms with Crippen LogP contribution in [0.2, 0.25) is 0 Å². The van der Waals surface area contributed by atoms with Gasteiger partial charge in [0, 0.05) is 26.2 Å². The van der Waals surface area contributed by atoms with Crippen LogP contribution in [0.1, 0.15) is 439 Å². The van der Waals surface area contributed by atoms with Gasteiger partial charge in [0.1, 0.15) is 4.32 Å². The van der Waals surface area contributed by atoms with Crippen molar-refractivity contribution in [1.82, 2.24) is 9.80 Å². The molecule has 7 heteroatoms. The van der Waals surface area contributed by atoms with Crippen molar-refractivity contribution < 1.29 is 19.5 Å². The predicted molar refractivity (Wildman–Crippen MR) is 383 cm³/mol. The van der Waals surface area contributed by atoms with Gasteiger partial charge in [0.15, 0.2) is 0 Å². The zero-order valence-electron chi connectivity index (χ0n) is 56.4. The molecule has 0 aromatic rings. The molecule has 480 valence electrons. The molecule has 0 saturated carbocycles. The molecule has 0 heterocycles. The number of hydrogen-bond acceptors (Lipinski definition) is 3. The average molecular weight is 1260 g/mol. The quantitative estimate of drug-likeness (QED) is 0.0213. The SMILES string of the molecule is CCCCCCCCCCCCCCCCCCN(CCCCCCCCCCCCCCCCCC)C(=S)S.CCCCCCCCCCCCCCCCCCN(CCCCCCCCCCCCCCCCCC)C(=S)[S-].[Zn+2]. The summed E-state index contributed by atoms with van der Waals surface area (Å²) in [6.07, 6.45) is 91.1. The Labute approximate surface area is 548 Å². The maximum atomic E-state index is 5.43. The second-order valence-corrected chi connectivity index (χ2v) is 27.9. The van der Waals surface area contributed by atoms with Gasteiger partial charge in [-0.2, -0.15) is 0 Å². The number of hydrogen-bond donors (Lipinski definition) is 1. The fourth-order valence-corrected chi connectivity index (χ4v) is 12.7. The summed E-state index contributed by atoms with van der Waals surface area (Å²) in [6.45, 7) is 13.6. The van der Waals surface area contributed by atoms with Gasteiger partial charge in [-0.3, -0.25) is 0 Å². The van der Waals surface area contributed by atoms with Crippen molar-refractivity contribution in [2.75, 3.05) is 26.2 Å². The van der Waals surface area contributed by atoms with Gasteiger partial charge < -0.3 is 34.6 Å². The summed E-state index contributed by atoms with van der Waals surface area (Å²) in [5, 5.41) is 0. The molecule has 0 aliphatic heterocycles. The molecule has 2 nitrogen and oxygen atoms in total. The summed E-state index contributed by atoms with van der Waals surface area (Å²) in [4.78, 5) is 4.66. The molecule has 0 unspecified atom stereocenters. The van der Waals surface area contributed by atoms with Crippen LogP contribution in [0.15, 0.2) is 0 Å². The van der Waals surface area contributed by atoms with Gasteiger partial charge in [0.05, 0.1) is 0 Å². The Kier molecular flexibility index (Phi) is 84.0. The van der Waals surface area contributed by atoms with Gasteiger partial charge in [-0.05, 0) is 25.7 Å². The fourth-order valence-electron chi connectivity index (χ4n) is 12.0. The first-order valence-corrected chi connectivity index (χ1v) is 39.0. The van der Waals surface area contributed by atoms with Gasteiger partial charge in [0.2, 0.25) is 0 Å². The Morgan fingerprint density at radius 3 is 0.444 bits per heavy atom. The predicted octanol–water partition coefficient (Wildman–Crippen LogP) is 27.7. The van der Waals surface area contributed by atoms with Crippen molar-refractivity contribution in [2.45, 2.75) is 439 Å². The van der Waals surface area contributed by atoms with Crippen LogP contribution in [0, 0.1) is 0 Å². The van der Waals surface area contributed by atoms with Gasteiger partial charge in [-0.15, -0.1) is 12.6 Å². The van der Waals surface area contributed by atoms with Crippen molar-refractivity contribution in [3.63, 3.8) is 0 Å². The molecule has 0 aromatic heterocycles. The first-order chi connectivity index (χ1) is 39.4.